The fourth-order valence-electron chi connectivity index (χ4n) is 2.71. The molecule has 0 aliphatic carbocycles. The number of amides is 1. The van der Waals surface area contributed by atoms with E-state index in [1.54, 1.807) is 47.6 Å². The van der Waals surface area contributed by atoms with Gasteiger partial charge in [-0.2, -0.15) is 0 Å². The van der Waals surface area contributed by atoms with Crippen LogP contribution in [0.15, 0.2) is 64.2 Å². The zero-order chi connectivity index (χ0) is 19.7. The van der Waals surface area contributed by atoms with Crippen molar-refractivity contribution < 1.29 is 9.21 Å². The second kappa shape index (κ2) is 8.09. The number of pyridine rings is 1. The highest BCUT2D eigenvalue weighted by Crippen LogP contribution is 2.37. The third-order valence-electron chi connectivity index (χ3n) is 4.05. The summed E-state index contributed by atoms with van der Waals surface area (Å²) >= 11 is 18.9. The summed E-state index contributed by atoms with van der Waals surface area (Å²) in [6.07, 6.45) is 5.09. The Labute approximate surface area is 181 Å². The molecule has 0 unspecified atom stereocenters. The van der Waals surface area contributed by atoms with E-state index in [2.05, 4.69) is 4.98 Å². The zero-order valence-corrected chi connectivity index (χ0v) is 17.4. The molecule has 0 bridgehead atoms. The van der Waals surface area contributed by atoms with Gasteiger partial charge in [0.25, 0.3) is 5.91 Å². The molecule has 1 aromatic carbocycles. The number of benzene rings is 1. The molecule has 3 heterocycles. The van der Waals surface area contributed by atoms with Crippen LogP contribution < -0.4 is 0 Å². The molecule has 0 N–H and O–H groups in total. The number of furan rings is 1. The van der Waals surface area contributed by atoms with E-state index in [4.69, 9.17) is 39.8 Å². The molecular weight excluding hydrogens is 435 g/mol. The predicted octanol–water partition coefficient (Wildman–Crippen LogP) is 6.05. The van der Waals surface area contributed by atoms with E-state index < -0.39 is 0 Å². The van der Waals surface area contributed by atoms with E-state index in [1.165, 1.54) is 11.8 Å². The molecule has 0 atom stereocenters. The van der Waals surface area contributed by atoms with Gasteiger partial charge in [-0.1, -0.05) is 59.3 Å². The number of hydrogen-bond acceptors (Lipinski definition) is 5. The molecule has 1 aliphatic heterocycles. The van der Waals surface area contributed by atoms with Crippen molar-refractivity contribution in [3.63, 3.8) is 0 Å². The quantitative estimate of drug-likeness (QED) is 0.360. The molecule has 0 radical (unpaired) electrons. The van der Waals surface area contributed by atoms with E-state index >= 15 is 0 Å². The van der Waals surface area contributed by atoms with Crippen molar-refractivity contribution >= 4 is 63.5 Å². The van der Waals surface area contributed by atoms with Crippen molar-refractivity contribution in [2.45, 2.75) is 6.54 Å². The standard InChI is InChI=1S/C20H12Cl2N2O2S2/c21-15-5-1-4-14(18(15)22)16-7-6-13(26-16)9-17-19(25)24(20(27)28-17)11-12-3-2-8-23-10-12/h1-10H,11H2. The van der Waals surface area contributed by atoms with Crippen molar-refractivity contribution in [2.75, 3.05) is 0 Å². The summed E-state index contributed by atoms with van der Waals surface area (Å²) in [5.74, 6) is 0.954. The minimum Gasteiger partial charge on any atom is -0.457 e. The molecule has 2 aromatic heterocycles. The van der Waals surface area contributed by atoms with Gasteiger partial charge in [-0.3, -0.25) is 14.7 Å². The Morgan fingerprint density at radius 3 is 2.82 bits per heavy atom. The Kier molecular flexibility index (Phi) is 5.55. The van der Waals surface area contributed by atoms with Gasteiger partial charge in [-0.25, -0.2) is 0 Å². The number of thioether (sulfide) groups is 1. The number of carbonyl (C=O) groups excluding carboxylic acids is 1. The summed E-state index contributed by atoms with van der Waals surface area (Å²) in [7, 11) is 0. The number of carbonyl (C=O) groups is 1. The molecule has 8 heteroatoms. The van der Waals surface area contributed by atoms with Crippen LogP contribution in [0, 0.1) is 0 Å². The summed E-state index contributed by atoms with van der Waals surface area (Å²) in [5, 5.41) is 0.876. The maximum absolute atomic E-state index is 12.7. The fraction of sp³-hybridized carbons (Fsp3) is 0.0500. The fourth-order valence-corrected chi connectivity index (χ4v) is 4.34. The highest BCUT2D eigenvalue weighted by molar-refractivity contribution is 8.26. The van der Waals surface area contributed by atoms with Crippen LogP contribution in [-0.2, 0) is 11.3 Å². The van der Waals surface area contributed by atoms with Gasteiger partial charge in [0.2, 0.25) is 0 Å². The van der Waals surface area contributed by atoms with Gasteiger partial charge in [-0.05, 0) is 35.9 Å². The first-order valence-electron chi connectivity index (χ1n) is 8.21. The highest BCUT2D eigenvalue weighted by atomic mass is 35.5. The van der Waals surface area contributed by atoms with Crippen molar-refractivity contribution in [1.29, 1.82) is 0 Å². The molecule has 3 aromatic rings. The van der Waals surface area contributed by atoms with Crippen LogP contribution in [-0.4, -0.2) is 20.1 Å². The first-order valence-corrected chi connectivity index (χ1v) is 10.2. The van der Waals surface area contributed by atoms with Gasteiger partial charge in [0.15, 0.2) is 0 Å². The van der Waals surface area contributed by atoms with Crippen LogP contribution in [0.1, 0.15) is 11.3 Å². The molecule has 1 aliphatic rings. The molecular formula is C20H12Cl2N2O2S2. The Morgan fingerprint density at radius 2 is 2.04 bits per heavy atom. The Balaban J connectivity index is 1.57. The molecule has 1 amide bonds. The van der Waals surface area contributed by atoms with E-state index in [-0.39, 0.29) is 5.91 Å². The summed E-state index contributed by atoms with van der Waals surface area (Å²) < 4.78 is 6.35. The van der Waals surface area contributed by atoms with Gasteiger partial charge in [0.1, 0.15) is 15.8 Å². The Bertz CT molecular complexity index is 1100. The first kappa shape index (κ1) is 19.2. The number of nitrogens with zero attached hydrogens (tertiary/aromatic N) is 2. The maximum Gasteiger partial charge on any atom is 0.266 e. The molecule has 4 rings (SSSR count). The molecule has 1 saturated heterocycles. The van der Waals surface area contributed by atoms with Crippen LogP contribution in [0.3, 0.4) is 0 Å². The lowest BCUT2D eigenvalue weighted by molar-refractivity contribution is -0.122. The number of halogens is 2. The Hall–Kier alpha value is -2.12. The van der Waals surface area contributed by atoms with Crippen molar-refractivity contribution in [2.24, 2.45) is 0 Å². The van der Waals surface area contributed by atoms with Crippen LogP contribution in [0.25, 0.3) is 17.4 Å². The monoisotopic (exact) mass is 446 g/mol. The van der Waals surface area contributed by atoms with E-state index in [9.17, 15) is 4.79 Å². The second-order valence-electron chi connectivity index (χ2n) is 5.93. The van der Waals surface area contributed by atoms with Gasteiger partial charge < -0.3 is 4.42 Å². The van der Waals surface area contributed by atoms with Crippen molar-refractivity contribution in [1.82, 2.24) is 9.88 Å². The lowest BCUT2D eigenvalue weighted by Crippen LogP contribution is -2.27. The minimum absolute atomic E-state index is 0.155. The van der Waals surface area contributed by atoms with Gasteiger partial charge in [0.05, 0.1) is 21.5 Å². The molecule has 4 nitrogen and oxygen atoms in total. The second-order valence-corrected chi connectivity index (χ2v) is 8.39. The van der Waals surface area contributed by atoms with E-state index in [0.29, 0.717) is 42.9 Å². The number of aromatic nitrogens is 1. The van der Waals surface area contributed by atoms with Crippen LogP contribution >= 0.6 is 47.2 Å². The number of hydrogen-bond donors (Lipinski definition) is 0. The van der Waals surface area contributed by atoms with Crippen molar-refractivity contribution in [3.05, 3.63) is 81.1 Å². The van der Waals surface area contributed by atoms with Crippen LogP contribution in [0.5, 0.6) is 0 Å². The maximum atomic E-state index is 12.7. The van der Waals surface area contributed by atoms with Gasteiger partial charge in [-0.15, -0.1) is 0 Å². The average molecular weight is 447 g/mol. The van der Waals surface area contributed by atoms with Gasteiger partial charge in [0, 0.05) is 24.0 Å². The summed E-state index contributed by atoms with van der Waals surface area (Å²) in [5.41, 5.74) is 1.61. The average Bonchev–Trinajstić information content (AvgIpc) is 3.25. The third kappa shape index (κ3) is 3.86. The van der Waals surface area contributed by atoms with E-state index in [1.807, 2.05) is 18.2 Å². The summed E-state index contributed by atoms with van der Waals surface area (Å²) in [6.45, 7) is 0.386. The molecule has 0 spiro atoms. The smallest absolute Gasteiger partial charge is 0.266 e. The minimum atomic E-state index is -0.155. The Morgan fingerprint density at radius 1 is 1.18 bits per heavy atom. The first-order chi connectivity index (χ1) is 13.5. The van der Waals surface area contributed by atoms with Crippen LogP contribution in [0.4, 0.5) is 0 Å². The third-order valence-corrected chi connectivity index (χ3v) is 6.25. The molecule has 140 valence electrons. The highest BCUT2D eigenvalue weighted by Gasteiger charge is 2.32. The van der Waals surface area contributed by atoms with Gasteiger partial charge >= 0.3 is 0 Å². The molecule has 1 fully saturated rings. The molecule has 28 heavy (non-hydrogen) atoms. The lowest BCUT2D eigenvalue weighted by atomic mass is 10.2. The SMILES string of the molecule is O=C1C(=Cc2ccc(-c3cccc(Cl)c3Cl)o2)SC(=S)N1Cc1cccnc1. The molecule has 0 saturated carbocycles. The summed E-state index contributed by atoms with van der Waals surface area (Å²) in [6, 6.07) is 12.6. The number of rotatable bonds is 4. The topological polar surface area (TPSA) is 46.3 Å². The summed E-state index contributed by atoms with van der Waals surface area (Å²) in [4.78, 5) is 18.9. The predicted molar refractivity (Wildman–Crippen MR) is 117 cm³/mol. The van der Waals surface area contributed by atoms with Crippen molar-refractivity contribution in [3.8, 4) is 11.3 Å². The zero-order valence-electron chi connectivity index (χ0n) is 14.3. The van der Waals surface area contributed by atoms with Crippen LogP contribution in [0.2, 0.25) is 10.0 Å². The lowest BCUT2D eigenvalue weighted by Gasteiger charge is -2.13. The number of thiocarbonyl (C=S) groups is 1. The largest absolute Gasteiger partial charge is 0.457 e. The van der Waals surface area contributed by atoms with E-state index in [0.717, 1.165) is 5.56 Å². The normalized spacial score (nSPS) is 15.6.